The minimum Gasteiger partial charge on any atom is -0.494 e. The maximum atomic E-state index is 12.4. The monoisotopic (exact) mass is 448 g/mol. The Morgan fingerprint density at radius 1 is 1.06 bits per heavy atom. The molecule has 1 aliphatic rings. The van der Waals surface area contributed by atoms with Crippen LogP contribution in [0.3, 0.4) is 0 Å². The van der Waals surface area contributed by atoms with Crippen molar-refractivity contribution in [3.8, 4) is 11.5 Å². The molecular formula is C22H28N2O6S. The van der Waals surface area contributed by atoms with Crippen LogP contribution in [0.5, 0.6) is 11.5 Å². The van der Waals surface area contributed by atoms with Crippen LogP contribution in [0.15, 0.2) is 53.4 Å². The van der Waals surface area contributed by atoms with Gasteiger partial charge < -0.3 is 19.5 Å². The van der Waals surface area contributed by atoms with E-state index in [-0.39, 0.29) is 23.5 Å². The van der Waals surface area contributed by atoms with Crippen LogP contribution in [0.25, 0.3) is 0 Å². The third kappa shape index (κ3) is 6.95. The molecule has 2 aromatic rings. The molecule has 1 unspecified atom stereocenters. The first-order valence-electron chi connectivity index (χ1n) is 10.3. The smallest absolute Gasteiger partial charge is 0.251 e. The number of hydrogen-bond acceptors (Lipinski definition) is 6. The van der Waals surface area contributed by atoms with Crippen LogP contribution < -0.4 is 19.5 Å². The number of rotatable bonds is 11. The summed E-state index contributed by atoms with van der Waals surface area (Å²) in [7, 11) is -3.64. The van der Waals surface area contributed by atoms with Gasteiger partial charge in [-0.2, -0.15) is 0 Å². The molecule has 0 bridgehead atoms. The van der Waals surface area contributed by atoms with E-state index >= 15 is 0 Å². The molecule has 0 saturated carbocycles. The number of carbonyl (C=O) groups excluding carboxylic acids is 1. The summed E-state index contributed by atoms with van der Waals surface area (Å²) in [6.45, 7) is 4.06. The highest BCUT2D eigenvalue weighted by molar-refractivity contribution is 7.89. The van der Waals surface area contributed by atoms with Crippen molar-refractivity contribution in [2.24, 2.45) is 0 Å². The summed E-state index contributed by atoms with van der Waals surface area (Å²) in [5, 5.41) is 2.75. The Morgan fingerprint density at radius 3 is 2.35 bits per heavy atom. The lowest BCUT2D eigenvalue weighted by Gasteiger charge is -2.12. The first-order chi connectivity index (χ1) is 15.0. The van der Waals surface area contributed by atoms with Crippen molar-refractivity contribution in [3.63, 3.8) is 0 Å². The van der Waals surface area contributed by atoms with E-state index in [2.05, 4.69) is 10.0 Å². The maximum absolute atomic E-state index is 12.4. The summed E-state index contributed by atoms with van der Waals surface area (Å²) in [6, 6.07) is 13.1. The van der Waals surface area contributed by atoms with E-state index in [0.29, 0.717) is 37.7 Å². The summed E-state index contributed by atoms with van der Waals surface area (Å²) >= 11 is 0. The van der Waals surface area contributed by atoms with E-state index < -0.39 is 10.0 Å². The van der Waals surface area contributed by atoms with Gasteiger partial charge in [0.2, 0.25) is 10.0 Å². The Balaban J connectivity index is 1.43. The van der Waals surface area contributed by atoms with Gasteiger partial charge in [0.15, 0.2) is 0 Å². The number of sulfonamides is 1. The van der Waals surface area contributed by atoms with Crippen molar-refractivity contribution >= 4 is 15.9 Å². The molecule has 0 aromatic heterocycles. The fourth-order valence-electron chi connectivity index (χ4n) is 3.11. The second kappa shape index (κ2) is 11.1. The zero-order valence-electron chi connectivity index (χ0n) is 17.5. The molecule has 3 rings (SSSR count). The predicted molar refractivity (Wildman–Crippen MR) is 116 cm³/mol. The van der Waals surface area contributed by atoms with Gasteiger partial charge in [-0.05, 0) is 68.3 Å². The quantitative estimate of drug-likeness (QED) is 0.512. The van der Waals surface area contributed by atoms with E-state index in [1.54, 1.807) is 12.1 Å². The van der Waals surface area contributed by atoms with Crippen LogP contribution in [0.1, 0.15) is 30.1 Å². The Bertz CT molecular complexity index is 939. The largest absolute Gasteiger partial charge is 0.494 e. The lowest BCUT2D eigenvalue weighted by atomic mass is 10.2. The van der Waals surface area contributed by atoms with Crippen LogP contribution in [-0.2, 0) is 14.8 Å². The standard InChI is InChI=1S/C22H28N2O6S/c1-2-28-18-7-9-19(10-8-18)30-15-13-23-22(25)17-5-11-21(12-6-17)31(26,27)24-16-20-4-3-14-29-20/h5-12,20,24H,2-4,13-16H2,1H3,(H,23,25). The van der Waals surface area contributed by atoms with Gasteiger partial charge in [0.1, 0.15) is 18.1 Å². The van der Waals surface area contributed by atoms with Crippen molar-refractivity contribution in [2.45, 2.75) is 30.8 Å². The van der Waals surface area contributed by atoms with Crippen LogP contribution in [0.4, 0.5) is 0 Å². The van der Waals surface area contributed by atoms with Gasteiger partial charge in [-0.1, -0.05) is 0 Å². The average Bonchev–Trinajstić information content (AvgIpc) is 3.30. The molecule has 168 valence electrons. The fraction of sp³-hybridized carbons (Fsp3) is 0.409. The minimum absolute atomic E-state index is 0.0790. The topological polar surface area (TPSA) is 103 Å². The summed E-state index contributed by atoms with van der Waals surface area (Å²) in [6.07, 6.45) is 1.72. The van der Waals surface area contributed by atoms with Crippen LogP contribution >= 0.6 is 0 Å². The van der Waals surface area contributed by atoms with Crippen molar-refractivity contribution in [1.82, 2.24) is 10.0 Å². The highest BCUT2D eigenvalue weighted by Crippen LogP contribution is 2.17. The SMILES string of the molecule is CCOc1ccc(OCCNC(=O)c2ccc(S(=O)(=O)NCC3CCCO3)cc2)cc1. The normalized spacial score (nSPS) is 16.1. The number of ether oxygens (including phenoxy) is 3. The number of nitrogens with one attached hydrogen (secondary N) is 2. The lowest BCUT2D eigenvalue weighted by Crippen LogP contribution is -2.32. The molecule has 8 nitrogen and oxygen atoms in total. The Hall–Kier alpha value is -2.62. The predicted octanol–water partition coefficient (Wildman–Crippen LogP) is 2.35. The molecule has 1 amide bonds. The highest BCUT2D eigenvalue weighted by atomic mass is 32.2. The maximum Gasteiger partial charge on any atom is 0.251 e. The highest BCUT2D eigenvalue weighted by Gasteiger charge is 2.20. The van der Waals surface area contributed by atoms with Gasteiger partial charge in [-0.15, -0.1) is 0 Å². The van der Waals surface area contributed by atoms with Gasteiger partial charge >= 0.3 is 0 Å². The summed E-state index contributed by atoms with van der Waals surface area (Å²) in [5.41, 5.74) is 0.374. The Kier molecular flexibility index (Phi) is 8.27. The number of amides is 1. The molecule has 2 N–H and O–H groups in total. The molecule has 1 atom stereocenters. The van der Waals surface area contributed by atoms with Crippen LogP contribution in [0, 0.1) is 0 Å². The van der Waals surface area contributed by atoms with Gasteiger partial charge in [0, 0.05) is 18.7 Å². The second-order valence-electron chi connectivity index (χ2n) is 7.02. The molecule has 31 heavy (non-hydrogen) atoms. The molecule has 9 heteroatoms. The molecular weight excluding hydrogens is 420 g/mol. The number of carbonyl (C=O) groups is 1. The average molecular weight is 449 g/mol. The van der Waals surface area contributed by atoms with Gasteiger partial charge in [0.05, 0.1) is 24.2 Å². The summed E-state index contributed by atoms with van der Waals surface area (Å²) < 4.78 is 43.7. The summed E-state index contributed by atoms with van der Waals surface area (Å²) in [4.78, 5) is 12.4. The summed E-state index contributed by atoms with van der Waals surface area (Å²) in [5.74, 6) is 1.16. The lowest BCUT2D eigenvalue weighted by molar-refractivity contribution is 0.0947. The Labute approximate surface area is 182 Å². The number of benzene rings is 2. The molecule has 2 aromatic carbocycles. The molecule has 1 fully saturated rings. The number of hydrogen-bond donors (Lipinski definition) is 2. The molecule has 0 spiro atoms. The molecule has 1 heterocycles. The van der Waals surface area contributed by atoms with E-state index in [1.807, 2.05) is 19.1 Å². The van der Waals surface area contributed by atoms with Gasteiger partial charge in [0.25, 0.3) is 5.91 Å². The first kappa shape index (κ1) is 23.1. The van der Waals surface area contributed by atoms with E-state index in [0.717, 1.165) is 18.6 Å². The molecule has 1 saturated heterocycles. The fourth-order valence-corrected chi connectivity index (χ4v) is 4.18. The van der Waals surface area contributed by atoms with Gasteiger partial charge in [-0.3, -0.25) is 4.79 Å². The van der Waals surface area contributed by atoms with E-state index in [1.165, 1.54) is 24.3 Å². The second-order valence-corrected chi connectivity index (χ2v) is 8.79. The minimum atomic E-state index is -3.64. The first-order valence-corrected chi connectivity index (χ1v) is 11.8. The molecule has 0 radical (unpaired) electrons. The van der Waals surface area contributed by atoms with E-state index in [9.17, 15) is 13.2 Å². The van der Waals surface area contributed by atoms with E-state index in [4.69, 9.17) is 14.2 Å². The van der Waals surface area contributed by atoms with Crippen molar-refractivity contribution in [1.29, 1.82) is 0 Å². The van der Waals surface area contributed by atoms with Crippen molar-refractivity contribution in [2.75, 3.05) is 32.9 Å². The van der Waals surface area contributed by atoms with Gasteiger partial charge in [-0.25, -0.2) is 13.1 Å². The van der Waals surface area contributed by atoms with Crippen LogP contribution in [0.2, 0.25) is 0 Å². The van der Waals surface area contributed by atoms with Crippen molar-refractivity contribution in [3.05, 3.63) is 54.1 Å². The zero-order valence-corrected chi connectivity index (χ0v) is 18.3. The Morgan fingerprint density at radius 2 is 1.74 bits per heavy atom. The van der Waals surface area contributed by atoms with Crippen molar-refractivity contribution < 1.29 is 27.4 Å². The third-order valence-corrected chi connectivity index (χ3v) is 6.18. The third-order valence-electron chi connectivity index (χ3n) is 4.74. The zero-order chi connectivity index (χ0) is 22.1. The van der Waals surface area contributed by atoms with Crippen LogP contribution in [-0.4, -0.2) is 53.3 Å². The molecule has 1 aliphatic heterocycles. The molecule has 0 aliphatic carbocycles.